The Morgan fingerprint density at radius 2 is 1.80 bits per heavy atom. The van der Waals surface area contributed by atoms with E-state index in [4.69, 9.17) is 11.6 Å². The van der Waals surface area contributed by atoms with Gasteiger partial charge in [0.2, 0.25) is 0 Å². The SMILES string of the molecule is CN(C)c1ccc(-c2nc3ccc(Cl)nn3c2Br)cc1. The van der Waals surface area contributed by atoms with Crippen molar-refractivity contribution in [3.8, 4) is 11.3 Å². The first kappa shape index (κ1) is 13.4. The van der Waals surface area contributed by atoms with E-state index in [1.54, 1.807) is 10.6 Å². The molecule has 2 heterocycles. The summed E-state index contributed by atoms with van der Waals surface area (Å²) in [4.78, 5) is 6.64. The average Bonchev–Trinajstić information content (AvgIpc) is 2.76. The van der Waals surface area contributed by atoms with Crippen molar-refractivity contribution in [1.82, 2.24) is 14.6 Å². The van der Waals surface area contributed by atoms with Gasteiger partial charge in [-0.3, -0.25) is 0 Å². The van der Waals surface area contributed by atoms with Crippen LogP contribution in [0.3, 0.4) is 0 Å². The molecule has 0 amide bonds. The highest BCUT2D eigenvalue weighted by Crippen LogP contribution is 2.29. The minimum atomic E-state index is 0.435. The van der Waals surface area contributed by atoms with Gasteiger partial charge in [0.1, 0.15) is 15.5 Å². The summed E-state index contributed by atoms with van der Waals surface area (Å²) in [5.74, 6) is 0. The molecule has 0 bridgehead atoms. The van der Waals surface area contributed by atoms with Gasteiger partial charge in [0, 0.05) is 25.3 Å². The van der Waals surface area contributed by atoms with E-state index >= 15 is 0 Å². The summed E-state index contributed by atoms with van der Waals surface area (Å²) >= 11 is 9.45. The molecule has 0 fully saturated rings. The standard InChI is InChI=1S/C14H12BrClN4/c1-19(2)10-5-3-9(4-6-10)13-14(15)20-12(17-13)8-7-11(16)18-20/h3-8H,1-2H3. The molecule has 0 aliphatic rings. The van der Waals surface area contributed by atoms with E-state index in [1.807, 2.05) is 32.3 Å². The highest BCUT2D eigenvalue weighted by atomic mass is 79.9. The molecule has 0 saturated carbocycles. The van der Waals surface area contributed by atoms with Crippen molar-refractivity contribution in [1.29, 1.82) is 0 Å². The predicted octanol–water partition coefficient (Wildman–Crippen LogP) is 3.88. The van der Waals surface area contributed by atoms with Crippen LogP contribution in [0.4, 0.5) is 5.69 Å². The maximum atomic E-state index is 5.92. The molecule has 0 aliphatic heterocycles. The number of imidazole rings is 1. The number of anilines is 1. The Hall–Kier alpha value is -1.59. The maximum absolute atomic E-state index is 5.92. The minimum absolute atomic E-state index is 0.435. The fourth-order valence-electron chi connectivity index (χ4n) is 1.99. The van der Waals surface area contributed by atoms with Crippen LogP contribution < -0.4 is 4.90 Å². The first-order valence-corrected chi connectivity index (χ1v) is 7.22. The molecule has 0 radical (unpaired) electrons. The summed E-state index contributed by atoms with van der Waals surface area (Å²) in [6.45, 7) is 0. The van der Waals surface area contributed by atoms with Gasteiger partial charge in [0.25, 0.3) is 0 Å². The lowest BCUT2D eigenvalue weighted by Gasteiger charge is -2.12. The van der Waals surface area contributed by atoms with Gasteiger partial charge in [-0.05, 0) is 40.2 Å². The smallest absolute Gasteiger partial charge is 0.155 e. The highest BCUT2D eigenvalue weighted by molar-refractivity contribution is 9.10. The Balaban J connectivity index is 2.12. The van der Waals surface area contributed by atoms with Crippen molar-refractivity contribution in [3.63, 3.8) is 0 Å². The molecule has 20 heavy (non-hydrogen) atoms. The van der Waals surface area contributed by atoms with Gasteiger partial charge < -0.3 is 4.90 Å². The van der Waals surface area contributed by atoms with Crippen LogP contribution in [0.15, 0.2) is 41.0 Å². The maximum Gasteiger partial charge on any atom is 0.155 e. The van der Waals surface area contributed by atoms with Gasteiger partial charge in [0.05, 0.1) is 0 Å². The van der Waals surface area contributed by atoms with Crippen LogP contribution in [-0.4, -0.2) is 28.7 Å². The molecular formula is C14H12BrClN4. The number of hydrogen-bond donors (Lipinski definition) is 0. The van der Waals surface area contributed by atoms with Gasteiger partial charge in [-0.2, -0.15) is 5.10 Å². The van der Waals surface area contributed by atoms with Gasteiger partial charge in [-0.25, -0.2) is 9.50 Å². The second-order valence-electron chi connectivity index (χ2n) is 4.62. The third-order valence-electron chi connectivity index (χ3n) is 3.05. The fraction of sp³-hybridized carbons (Fsp3) is 0.143. The number of hydrogen-bond acceptors (Lipinski definition) is 3. The van der Waals surface area contributed by atoms with Crippen LogP contribution >= 0.6 is 27.5 Å². The molecular weight excluding hydrogens is 340 g/mol. The van der Waals surface area contributed by atoms with Crippen molar-refractivity contribution < 1.29 is 0 Å². The van der Waals surface area contributed by atoms with Gasteiger partial charge in [-0.1, -0.05) is 23.7 Å². The highest BCUT2D eigenvalue weighted by Gasteiger charge is 2.13. The van der Waals surface area contributed by atoms with E-state index in [2.05, 4.69) is 43.0 Å². The number of fused-ring (bicyclic) bond motifs is 1. The van der Waals surface area contributed by atoms with E-state index in [9.17, 15) is 0 Å². The predicted molar refractivity (Wildman–Crippen MR) is 85.5 cm³/mol. The van der Waals surface area contributed by atoms with E-state index in [1.165, 1.54) is 0 Å². The molecule has 6 heteroatoms. The van der Waals surface area contributed by atoms with Crippen molar-refractivity contribution in [2.75, 3.05) is 19.0 Å². The number of benzene rings is 1. The van der Waals surface area contributed by atoms with Gasteiger partial charge >= 0.3 is 0 Å². The summed E-state index contributed by atoms with van der Waals surface area (Å²) < 4.78 is 2.49. The monoisotopic (exact) mass is 350 g/mol. The largest absolute Gasteiger partial charge is 0.378 e. The molecule has 4 nitrogen and oxygen atoms in total. The molecule has 3 rings (SSSR count). The molecule has 0 aliphatic carbocycles. The van der Waals surface area contributed by atoms with Crippen molar-refractivity contribution in [2.45, 2.75) is 0 Å². The molecule has 3 aromatic rings. The fourth-order valence-corrected chi connectivity index (χ4v) is 2.70. The molecule has 102 valence electrons. The van der Waals surface area contributed by atoms with E-state index < -0.39 is 0 Å². The van der Waals surface area contributed by atoms with Crippen molar-refractivity contribution in [3.05, 3.63) is 46.2 Å². The van der Waals surface area contributed by atoms with Crippen LogP contribution in [0.2, 0.25) is 5.15 Å². The molecule has 0 unspecified atom stereocenters. The Labute approximate surface area is 130 Å². The second kappa shape index (κ2) is 5.07. The van der Waals surface area contributed by atoms with Crippen LogP contribution in [0.25, 0.3) is 16.9 Å². The lowest BCUT2D eigenvalue weighted by molar-refractivity contribution is 0.917. The van der Waals surface area contributed by atoms with Crippen molar-refractivity contribution in [2.24, 2.45) is 0 Å². The van der Waals surface area contributed by atoms with E-state index in [0.29, 0.717) is 5.15 Å². The zero-order valence-corrected chi connectivity index (χ0v) is 13.4. The molecule has 1 aromatic carbocycles. The summed E-state index contributed by atoms with van der Waals surface area (Å²) in [6.07, 6.45) is 0. The molecule has 0 atom stereocenters. The Morgan fingerprint density at radius 3 is 2.45 bits per heavy atom. The lowest BCUT2D eigenvalue weighted by Crippen LogP contribution is -2.07. The third-order valence-corrected chi connectivity index (χ3v) is 3.96. The quantitative estimate of drug-likeness (QED) is 0.702. The number of aromatic nitrogens is 3. The normalized spacial score (nSPS) is 11.0. The second-order valence-corrected chi connectivity index (χ2v) is 5.76. The lowest BCUT2D eigenvalue weighted by atomic mass is 10.1. The number of halogens is 2. The van der Waals surface area contributed by atoms with Crippen LogP contribution in [0.5, 0.6) is 0 Å². The van der Waals surface area contributed by atoms with Crippen LogP contribution in [0, 0.1) is 0 Å². The summed E-state index contributed by atoms with van der Waals surface area (Å²) in [5.41, 5.74) is 3.79. The third kappa shape index (κ3) is 2.27. The molecule has 0 N–H and O–H groups in total. The molecule has 0 saturated heterocycles. The zero-order chi connectivity index (χ0) is 14.3. The summed E-state index contributed by atoms with van der Waals surface area (Å²) in [7, 11) is 4.03. The molecule has 2 aromatic heterocycles. The number of rotatable bonds is 2. The average molecular weight is 352 g/mol. The Kier molecular flexibility index (Phi) is 3.40. The Morgan fingerprint density at radius 1 is 1.10 bits per heavy atom. The van der Waals surface area contributed by atoms with Crippen LogP contribution in [-0.2, 0) is 0 Å². The van der Waals surface area contributed by atoms with E-state index in [0.717, 1.165) is 27.2 Å². The van der Waals surface area contributed by atoms with Gasteiger partial charge in [0.15, 0.2) is 5.65 Å². The first-order chi connectivity index (χ1) is 9.56. The summed E-state index contributed by atoms with van der Waals surface area (Å²) in [6, 6.07) is 11.8. The summed E-state index contributed by atoms with van der Waals surface area (Å²) in [5, 5.41) is 4.67. The van der Waals surface area contributed by atoms with Crippen LogP contribution in [0.1, 0.15) is 0 Å². The zero-order valence-electron chi connectivity index (χ0n) is 11.0. The van der Waals surface area contributed by atoms with Gasteiger partial charge in [-0.15, -0.1) is 0 Å². The topological polar surface area (TPSA) is 33.4 Å². The van der Waals surface area contributed by atoms with E-state index in [-0.39, 0.29) is 0 Å². The van der Waals surface area contributed by atoms with Crippen molar-refractivity contribution >= 4 is 38.9 Å². The Bertz CT molecular complexity index is 765. The minimum Gasteiger partial charge on any atom is -0.378 e. The molecule has 0 spiro atoms. The number of nitrogens with zero attached hydrogens (tertiary/aromatic N) is 4. The first-order valence-electron chi connectivity index (χ1n) is 6.05.